The molecule has 1 atom stereocenters. The second-order valence-corrected chi connectivity index (χ2v) is 10.3. The SMILES string of the molecule is CCNC(=O)[C@@H](Cc1ccccc1)N(Cc1ccccc1)C(=O)CN(c1cccc(F)c1)S(C)(=O)=O. The molecular weight excluding hydrogens is 481 g/mol. The number of halogens is 1. The molecule has 36 heavy (non-hydrogen) atoms. The van der Waals surface area contributed by atoms with E-state index in [-0.39, 0.29) is 24.6 Å². The Morgan fingerprint density at radius 2 is 1.53 bits per heavy atom. The lowest BCUT2D eigenvalue weighted by atomic mass is 10.0. The van der Waals surface area contributed by atoms with Gasteiger partial charge in [0.1, 0.15) is 18.4 Å². The number of likely N-dealkylation sites (N-methyl/N-ethyl adjacent to an activating group) is 1. The molecule has 0 spiro atoms. The van der Waals surface area contributed by atoms with Crippen LogP contribution in [-0.2, 0) is 32.6 Å². The van der Waals surface area contributed by atoms with Gasteiger partial charge in [-0.15, -0.1) is 0 Å². The summed E-state index contributed by atoms with van der Waals surface area (Å²) in [5, 5.41) is 2.80. The van der Waals surface area contributed by atoms with Crippen LogP contribution in [0.3, 0.4) is 0 Å². The molecule has 7 nitrogen and oxygen atoms in total. The van der Waals surface area contributed by atoms with Crippen molar-refractivity contribution in [3.63, 3.8) is 0 Å². The molecule has 0 aromatic heterocycles. The number of sulfonamides is 1. The smallest absolute Gasteiger partial charge is 0.244 e. The number of carbonyl (C=O) groups is 2. The van der Waals surface area contributed by atoms with Gasteiger partial charge >= 0.3 is 0 Å². The molecule has 0 radical (unpaired) electrons. The van der Waals surface area contributed by atoms with Crippen molar-refractivity contribution in [3.8, 4) is 0 Å². The van der Waals surface area contributed by atoms with Crippen molar-refractivity contribution in [1.82, 2.24) is 10.2 Å². The van der Waals surface area contributed by atoms with Crippen molar-refractivity contribution < 1.29 is 22.4 Å². The zero-order chi connectivity index (χ0) is 26.1. The van der Waals surface area contributed by atoms with Crippen LogP contribution < -0.4 is 9.62 Å². The molecule has 1 N–H and O–H groups in total. The Kier molecular flexibility index (Phi) is 9.19. The van der Waals surface area contributed by atoms with Crippen LogP contribution in [0.25, 0.3) is 0 Å². The molecule has 2 amide bonds. The molecule has 0 aliphatic carbocycles. The van der Waals surface area contributed by atoms with E-state index in [1.165, 1.54) is 23.1 Å². The zero-order valence-electron chi connectivity index (χ0n) is 20.3. The first-order valence-corrected chi connectivity index (χ1v) is 13.4. The van der Waals surface area contributed by atoms with Crippen molar-refractivity contribution >= 4 is 27.5 Å². The molecule has 0 fully saturated rings. The Labute approximate surface area is 211 Å². The van der Waals surface area contributed by atoms with E-state index in [9.17, 15) is 22.4 Å². The zero-order valence-corrected chi connectivity index (χ0v) is 21.1. The van der Waals surface area contributed by atoms with E-state index < -0.39 is 34.3 Å². The van der Waals surface area contributed by atoms with Crippen molar-refractivity contribution in [2.75, 3.05) is 23.7 Å². The number of carbonyl (C=O) groups excluding carboxylic acids is 2. The minimum Gasteiger partial charge on any atom is -0.355 e. The van der Waals surface area contributed by atoms with Crippen LogP contribution in [0.4, 0.5) is 10.1 Å². The van der Waals surface area contributed by atoms with Gasteiger partial charge < -0.3 is 10.2 Å². The Hall–Kier alpha value is -3.72. The first-order valence-electron chi connectivity index (χ1n) is 11.6. The van der Waals surface area contributed by atoms with Crippen LogP contribution in [0, 0.1) is 5.82 Å². The Morgan fingerprint density at radius 3 is 2.08 bits per heavy atom. The van der Waals surface area contributed by atoms with Gasteiger partial charge in [0.2, 0.25) is 21.8 Å². The highest BCUT2D eigenvalue weighted by molar-refractivity contribution is 7.92. The lowest BCUT2D eigenvalue weighted by Crippen LogP contribution is -2.53. The maximum Gasteiger partial charge on any atom is 0.244 e. The summed E-state index contributed by atoms with van der Waals surface area (Å²) >= 11 is 0. The van der Waals surface area contributed by atoms with Gasteiger partial charge in [-0.3, -0.25) is 13.9 Å². The molecule has 0 bridgehead atoms. The molecule has 0 heterocycles. The third-order valence-corrected chi connectivity index (χ3v) is 6.73. The largest absolute Gasteiger partial charge is 0.355 e. The number of benzene rings is 3. The summed E-state index contributed by atoms with van der Waals surface area (Å²) in [5.41, 5.74) is 1.66. The van der Waals surface area contributed by atoms with Crippen molar-refractivity contribution in [1.29, 1.82) is 0 Å². The lowest BCUT2D eigenvalue weighted by Gasteiger charge is -2.33. The van der Waals surface area contributed by atoms with E-state index >= 15 is 0 Å². The number of nitrogens with one attached hydrogen (secondary N) is 1. The fourth-order valence-electron chi connectivity index (χ4n) is 3.87. The maximum absolute atomic E-state index is 13.9. The number of hydrogen-bond acceptors (Lipinski definition) is 4. The monoisotopic (exact) mass is 511 g/mol. The van der Waals surface area contributed by atoms with Gasteiger partial charge in [0.25, 0.3) is 0 Å². The van der Waals surface area contributed by atoms with E-state index in [0.717, 1.165) is 27.8 Å². The number of nitrogens with zero attached hydrogens (tertiary/aromatic N) is 2. The molecule has 0 aliphatic heterocycles. The van der Waals surface area contributed by atoms with Crippen LogP contribution in [0.15, 0.2) is 84.9 Å². The Morgan fingerprint density at radius 1 is 0.917 bits per heavy atom. The normalized spacial score (nSPS) is 12.0. The molecule has 0 unspecified atom stereocenters. The molecule has 3 aromatic rings. The van der Waals surface area contributed by atoms with Crippen LogP contribution >= 0.6 is 0 Å². The van der Waals surface area contributed by atoms with Crippen molar-refractivity contribution in [2.45, 2.75) is 25.9 Å². The summed E-state index contributed by atoms with van der Waals surface area (Å²) in [7, 11) is -3.93. The lowest BCUT2D eigenvalue weighted by molar-refractivity contribution is -0.140. The van der Waals surface area contributed by atoms with Crippen LogP contribution in [0.2, 0.25) is 0 Å². The third kappa shape index (κ3) is 7.39. The Balaban J connectivity index is 2.01. The highest BCUT2D eigenvalue weighted by atomic mass is 32.2. The number of anilines is 1. The van der Waals surface area contributed by atoms with Gasteiger partial charge in [-0.25, -0.2) is 12.8 Å². The van der Waals surface area contributed by atoms with Gasteiger partial charge in [-0.05, 0) is 36.2 Å². The van der Waals surface area contributed by atoms with E-state index in [1.807, 2.05) is 60.7 Å². The maximum atomic E-state index is 13.9. The van der Waals surface area contributed by atoms with Gasteiger partial charge in [0.05, 0.1) is 11.9 Å². The highest BCUT2D eigenvalue weighted by Gasteiger charge is 2.32. The molecule has 0 saturated heterocycles. The molecular formula is C27H30FN3O4S. The van der Waals surface area contributed by atoms with Crippen LogP contribution in [-0.4, -0.2) is 50.5 Å². The predicted octanol–water partition coefficient (Wildman–Crippen LogP) is 3.37. The summed E-state index contributed by atoms with van der Waals surface area (Å²) in [5.74, 6) is -1.55. The van der Waals surface area contributed by atoms with Gasteiger partial charge in [0, 0.05) is 19.5 Å². The third-order valence-electron chi connectivity index (χ3n) is 5.59. The van der Waals surface area contributed by atoms with Gasteiger partial charge in [-0.1, -0.05) is 66.7 Å². The van der Waals surface area contributed by atoms with E-state index in [0.29, 0.717) is 6.54 Å². The Bertz CT molecular complexity index is 1270. The average molecular weight is 512 g/mol. The van der Waals surface area contributed by atoms with Crippen LogP contribution in [0.5, 0.6) is 0 Å². The summed E-state index contributed by atoms with van der Waals surface area (Å²) in [6, 6.07) is 22.6. The summed E-state index contributed by atoms with van der Waals surface area (Å²) in [4.78, 5) is 28.3. The van der Waals surface area contributed by atoms with Gasteiger partial charge in [0.15, 0.2) is 0 Å². The average Bonchev–Trinajstić information content (AvgIpc) is 2.85. The minimum atomic E-state index is -3.93. The molecule has 0 aliphatic rings. The summed E-state index contributed by atoms with van der Waals surface area (Å²) in [6.07, 6.45) is 1.20. The molecule has 3 rings (SSSR count). The van der Waals surface area contributed by atoms with E-state index in [4.69, 9.17) is 0 Å². The number of rotatable bonds is 11. The summed E-state index contributed by atoms with van der Waals surface area (Å²) in [6.45, 7) is 1.67. The molecule has 9 heteroatoms. The fraction of sp³-hybridized carbons (Fsp3) is 0.259. The fourth-order valence-corrected chi connectivity index (χ4v) is 4.71. The molecule has 3 aromatic carbocycles. The van der Waals surface area contributed by atoms with Crippen molar-refractivity contribution in [2.24, 2.45) is 0 Å². The minimum absolute atomic E-state index is 0.0307. The van der Waals surface area contributed by atoms with Crippen LogP contribution in [0.1, 0.15) is 18.1 Å². The number of amides is 2. The number of hydrogen-bond donors (Lipinski definition) is 1. The predicted molar refractivity (Wildman–Crippen MR) is 138 cm³/mol. The second-order valence-electron chi connectivity index (χ2n) is 8.36. The first kappa shape index (κ1) is 26.9. The second kappa shape index (κ2) is 12.3. The van der Waals surface area contributed by atoms with Crippen molar-refractivity contribution in [3.05, 3.63) is 102 Å². The van der Waals surface area contributed by atoms with E-state index in [1.54, 1.807) is 6.92 Å². The highest BCUT2D eigenvalue weighted by Crippen LogP contribution is 2.21. The molecule has 190 valence electrons. The van der Waals surface area contributed by atoms with Gasteiger partial charge in [-0.2, -0.15) is 0 Å². The standard InChI is InChI=1S/C27H30FN3O4S/c1-3-29-27(33)25(17-21-11-6-4-7-12-21)30(19-22-13-8-5-9-14-22)26(32)20-31(36(2,34)35)24-16-10-15-23(28)18-24/h4-16,18,25H,3,17,19-20H2,1-2H3,(H,29,33)/t25-/m1/s1. The molecule has 0 saturated carbocycles. The summed E-state index contributed by atoms with van der Waals surface area (Å²) < 4.78 is 40.0. The topological polar surface area (TPSA) is 86.8 Å². The van der Waals surface area contributed by atoms with E-state index in [2.05, 4.69) is 5.32 Å². The first-order chi connectivity index (χ1) is 17.2. The quantitative estimate of drug-likeness (QED) is 0.428.